The molecule has 1 aliphatic heterocycles. The highest BCUT2D eigenvalue weighted by atomic mass is 35.5. The highest BCUT2D eigenvalue weighted by molar-refractivity contribution is 6.39. The van der Waals surface area contributed by atoms with Gasteiger partial charge in [0.15, 0.2) is 6.10 Å². The summed E-state index contributed by atoms with van der Waals surface area (Å²) in [6.45, 7) is 0. The first-order valence-corrected chi connectivity index (χ1v) is 9.99. The number of aliphatic hydroxyl groups is 3. The number of carbonyl (C=O) groups excluding carboxylic acids is 1. The molecular weight excluding hydrogens is 469 g/mol. The molecule has 1 saturated heterocycles. The molecule has 2 aromatic carbocycles. The van der Waals surface area contributed by atoms with Gasteiger partial charge in [0, 0.05) is 17.8 Å². The van der Waals surface area contributed by atoms with Crippen LogP contribution in [0.2, 0.25) is 10.0 Å². The standard InChI is InChI=1S/C20H19Cl2NO9/c21-10-6-9(24)7-11(22)14(10)23-12-4-2-1-3-8(12)5-13(25)31-20-17(28)15(26)16(27)18(32-20)19(29)30/h1-4,6-7,15-18,20,23-24,26-28H,5H2,(H,29,30)/t15-,16-,17+,18-,20+/m0/s1. The third kappa shape index (κ3) is 5.23. The van der Waals surface area contributed by atoms with E-state index >= 15 is 0 Å². The predicted octanol–water partition coefficient (Wildman–Crippen LogP) is 1.42. The van der Waals surface area contributed by atoms with Gasteiger partial charge in [-0.1, -0.05) is 41.4 Å². The molecular formula is C20H19Cl2NO9. The third-order valence-corrected chi connectivity index (χ3v) is 5.30. The van der Waals surface area contributed by atoms with Crippen LogP contribution in [0.1, 0.15) is 5.56 Å². The Morgan fingerprint density at radius 2 is 1.66 bits per heavy atom. The van der Waals surface area contributed by atoms with E-state index < -0.39 is 42.6 Å². The van der Waals surface area contributed by atoms with Gasteiger partial charge in [-0.3, -0.25) is 4.79 Å². The molecule has 0 aromatic heterocycles. The van der Waals surface area contributed by atoms with Crippen LogP contribution in [-0.4, -0.2) is 68.2 Å². The molecule has 3 rings (SSSR count). The summed E-state index contributed by atoms with van der Waals surface area (Å²) in [6.07, 6.45) is -9.67. The lowest BCUT2D eigenvalue weighted by molar-refractivity contribution is -0.286. The molecule has 10 nitrogen and oxygen atoms in total. The lowest BCUT2D eigenvalue weighted by Gasteiger charge is -2.37. The summed E-state index contributed by atoms with van der Waals surface area (Å²) in [5, 5.41) is 51.4. The Morgan fingerprint density at radius 3 is 2.28 bits per heavy atom. The number of esters is 1. The van der Waals surface area contributed by atoms with Gasteiger partial charge in [0.25, 0.3) is 0 Å². The van der Waals surface area contributed by atoms with Gasteiger partial charge < -0.3 is 40.3 Å². The van der Waals surface area contributed by atoms with Gasteiger partial charge in [-0.25, -0.2) is 4.79 Å². The van der Waals surface area contributed by atoms with E-state index in [4.69, 9.17) is 37.8 Å². The Labute approximate surface area is 191 Å². The number of carboxylic acid groups (broad SMARTS) is 1. The van der Waals surface area contributed by atoms with E-state index in [0.29, 0.717) is 16.9 Å². The van der Waals surface area contributed by atoms with Crippen molar-refractivity contribution >= 4 is 46.5 Å². The number of anilines is 2. The van der Waals surface area contributed by atoms with E-state index in [1.807, 2.05) is 0 Å². The Balaban J connectivity index is 1.74. The van der Waals surface area contributed by atoms with Crippen molar-refractivity contribution in [2.24, 2.45) is 0 Å². The van der Waals surface area contributed by atoms with Crippen molar-refractivity contribution in [3.8, 4) is 5.75 Å². The highest BCUT2D eigenvalue weighted by Crippen LogP contribution is 2.37. The zero-order chi connectivity index (χ0) is 23.6. The Hall–Kier alpha value is -2.60. The number of ether oxygens (including phenoxy) is 2. The Bertz CT molecular complexity index is 995. The van der Waals surface area contributed by atoms with Gasteiger partial charge >= 0.3 is 11.9 Å². The minimum Gasteiger partial charge on any atom is -0.508 e. The minimum absolute atomic E-state index is 0.125. The molecule has 0 unspecified atom stereocenters. The topological polar surface area (TPSA) is 166 Å². The van der Waals surface area contributed by atoms with Crippen molar-refractivity contribution in [1.82, 2.24) is 0 Å². The maximum atomic E-state index is 12.5. The number of aliphatic hydroxyl groups excluding tert-OH is 3. The fourth-order valence-electron chi connectivity index (χ4n) is 3.09. The molecule has 1 heterocycles. The number of phenols is 1. The van der Waals surface area contributed by atoms with E-state index in [0.717, 1.165) is 0 Å². The van der Waals surface area contributed by atoms with E-state index in [1.54, 1.807) is 24.3 Å². The molecule has 0 spiro atoms. The molecule has 32 heavy (non-hydrogen) atoms. The quantitative estimate of drug-likeness (QED) is 0.259. The molecule has 5 atom stereocenters. The van der Waals surface area contributed by atoms with Crippen LogP contribution in [0.5, 0.6) is 5.75 Å². The lowest BCUT2D eigenvalue weighted by atomic mass is 9.99. The van der Waals surface area contributed by atoms with E-state index in [9.17, 15) is 30.0 Å². The molecule has 0 saturated carbocycles. The average molecular weight is 488 g/mol. The Morgan fingerprint density at radius 1 is 1.03 bits per heavy atom. The molecule has 0 aliphatic carbocycles. The largest absolute Gasteiger partial charge is 0.508 e. The summed E-state index contributed by atoms with van der Waals surface area (Å²) < 4.78 is 9.96. The second kappa shape index (κ2) is 9.90. The number of nitrogens with one attached hydrogen (secondary N) is 1. The van der Waals surface area contributed by atoms with Crippen LogP contribution in [0.15, 0.2) is 36.4 Å². The fourth-order valence-corrected chi connectivity index (χ4v) is 3.66. The number of halogens is 2. The monoisotopic (exact) mass is 487 g/mol. The molecule has 12 heteroatoms. The van der Waals surface area contributed by atoms with Crippen LogP contribution in [0.3, 0.4) is 0 Å². The first-order valence-electron chi connectivity index (χ1n) is 9.23. The number of benzene rings is 2. The number of carbonyl (C=O) groups is 2. The molecule has 0 radical (unpaired) electrons. The van der Waals surface area contributed by atoms with Crippen LogP contribution >= 0.6 is 23.2 Å². The summed E-state index contributed by atoms with van der Waals surface area (Å²) in [4.78, 5) is 23.6. The van der Waals surface area contributed by atoms with Gasteiger partial charge in [-0.2, -0.15) is 0 Å². The van der Waals surface area contributed by atoms with Gasteiger partial charge in [0.2, 0.25) is 6.29 Å². The number of hydrogen-bond donors (Lipinski definition) is 6. The second-order valence-electron chi connectivity index (χ2n) is 6.97. The number of hydrogen-bond acceptors (Lipinski definition) is 9. The van der Waals surface area contributed by atoms with Crippen LogP contribution in [-0.2, 0) is 25.5 Å². The summed E-state index contributed by atoms with van der Waals surface area (Å²) in [5.41, 5.74) is 1.15. The summed E-state index contributed by atoms with van der Waals surface area (Å²) in [5.74, 6) is -2.62. The zero-order valence-corrected chi connectivity index (χ0v) is 17.7. The van der Waals surface area contributed by atoms with Crippen molar-refractivity contribution in [3.05, 3.63) is 52.0 Å². The van der Waals surface area contributed by atoms with Crippen LogP contribution < -0.4 is 5.32 Å². The normalized spacial score (nSPS) is 25.2. The molecule has 172 valence electrons. The average Bonchev–Trinajstić information content (AvgIpc) is 2.72. The molecule has 1 aliphatic rings. The lowest BCUT2D eigenvalue weighted by Crippen LogP contribution is -2.60. The maximum absolute atomic E-state index is 12.5. The van der Waals surface area contributed by atoms with Gasteiger partial charge in [0.1, 0.15) is 24.1 Å². The predicted molar refractivity (Wildman–Crippen MR) is 112 cm³/mol. The summed E-state index contributed by atoms with van der Waals surface area (Å²) >= 11 is 12.2. The summed E-state index contributed by atoms with van der Waals surface area (Å²) in [7, 11) is 0. The smallest absolute Gasteiger partial charge is 0.335 e. The number of carboxylic acids is 1. The number of aromatic hydroxyl groups is 1. The van der Waals surface area contributed by atoms with Crippen molar-refractivity contribution < 1.29 is 44.6 Å². The molecule has 2 aromatic rings. The van der Waals surface area contributed by atoms with Crippen molar-refractivity contribution in [1.29, 1.82) is 0 Å². The number of aliphatic carboxylic acids is 1. The van der Waals surface area contributed by atoms with E-state index in [-0.39, 0.29) is 22.2 Å². The van der Waals surface area contributed by atoms with Crippen molar-refractivity contribution in [3.63, 3.8) is 0 Å². The van der Waals surface area contributed by atoms with Gasteiger partial charge in [-0.05, 0) is 11.6 Å². The van der Waals surface area contributed by atoms with E-state index in [1.165, 1.54) is 12.1 Å². The minimum atomic E-state index is -1.90. The van der Waals surface area contributed by atoms with Gasteiger partial charge in [-0.15, -0.1) is 0 Å². The molecule has 6 N–H and O–H groups in total. The SMILES string of the molecule is O=C(Cc1ccccc1Nc1c(Cl)cc(O)cc1Cl)O[C@@H]1O[C@H](C(=O)O)[C@@H](O)[C@H](O)[C@H]1O. The van der Waals surface area contributed by atoms with E-state index in [2.05, 4.69) is 5.32 Å². The first kappa shape index (κ1) is 24.1. The highest BCUT2D eigenvalue weighted by Gasteiger charge is 2.48. The number of rotatable bonds is 6. The van der Waals surface area contributed by atoms with Crippen molar-refractivity contribution in [2.75, 3.05) is 5.32 Å². The van der Waals surface area contributed by atoms with Gasteiger partial charge in [0.05, 0.1) is 22.2 Å². The number of phenolic OH excluding ortho intramolecular Hbond substituents is 1. The second-order valence-corrected chi connectivity index (χ2v) is 7.78. The first-order chi connectivity index (χ1) is 15.1. The van der Waals surface area contributed by atoms with Crippen LogP contribution in [0, 0.1) is 0 Å². The Kier molecular flexibility index (Phi) is 7.44. The fraction of sp³-hybridized carbons (Fsp3) is 0.300. The van der Waals surface area contributed by atoms with Crippen LogP contribution in [0.4, 0.5) is 11.4 Å². The summed E-state index contributed by atoms with van der Waals surface area (Å²) in [6, 6.07) is 9.14. The van der Waals surface area contributed by atoms with Crippen molar-refractivity contribution in [2.45, 2.75) is 37.1 Å². The molecule has 0 bridgehead atoms. The maximum Gasteiger partial charge on any atom is 0.335 e. The number of para-hydroxylation sites is 1. The van der Waals surface area contributed by atoms with Crippen LogP contribution in [0.25, 0.3) is 0 Å². The zero-order valence-electron chi connectivity index (χ0n) is 16.2. The molecule has 1 fully saturated rings. The third-order valence-electron chi connectivity index (χ3n) is 4.70. The molecule has 0 amide bonds.